The van der Waals surface area contributed by atoms with Crippen molar-refractivity contribution in [3.63, 3.8) is 0 Å². The summed E-state index contributed by atoms with van der Waals surface area (Å²) in [5.41, 5.74) is 2.29. The number of hydrogen-bond acceptors (Lipinski definition) is 4. The first-order valence-corrected chi connectivity index (χ1v) is 10.1. The van der Waals surface area contributed by atoms with Gasteiger partial charge in [-0.2, -0.15) is 0 Å². The largest absolute Gasteiger partial charge is 0.497 e. The first-order valence-electron chi connectivity index (χ1n) is 10.1. The predicted molar refractivity (Wildman–Crippen MR) is 115 cm³/mol. The predicted octanol–water partition coefficient (Wildman–Crippen LogP) is 3.33. The van der Waals surface area contributed by atoms with Crippen molar-refractivity contribution < 1.29 is 14.3 Å². The molecule has 0 spiro atoms. The normalized spacial score (nSPS) is 15.6. The summed E-state index contributed by atoms with van der Waals surface area (Å²) < 4.78 is 10.7. The Hall–Kier alpha value is -2.73. The van der Waals surface area contributed by atoms with E-state index in [4.69, 9.17) is 9.47 Å². The molecule has 6 nitrogen and oxygen atoms in total. The number of carbonyl (C=O) groups excluding carboxylic acids is 1. The molecular formula is C23H31N3O3. The summed E-state index contributed by atoms with van der Waals surface area (Å²) in [5, 5.41) is 3.10. The maximum Gasteiger partial charge on any atom is 0.317 e. The third-order valence-electron chi connectivity index (χ3n) is 5.47. The number of nitrogens with one attached hydrogen (secondary N) is 1. The molecule has 0 saturated carbocycles. The second-order valence-electron chi connectivity index (χ2n) is 7.34. The highest BCUT2D eigenvalue weighted by Crippen LogP contribution is 2.29. The van der Waals surface area contributed by atoms with Crippen molar-refractivity contribution in [3.8, 4) is 11.5 Å². The van der Waals surface area contributed by atoms with E-state index in [9.17, 15) is 4.79 Å². The Morgan fingerprint density at radius 1 is 1.03 bits per heavy atom. The van der Waals surface area contributed by atoms with Crippen LogP contribution in [0.3, 0.4) is 0 Å². The molecule has 1 aliphatic rings. The lowest BCUT2D eigenvalue weighted by atomic mass is 10.1. The van der Waals surface area contributed by atoms with Crippen LogP contribution in [-0.2, 0) is 6.42 Å². The summed E-state index contributed by atoms with van der Waals surface area (Å²) in [6.45, 7) is 6.29. The van der Waals surface area contributed by atoms with Crippen LogP contribution in [0.2, 0.25) is 0 Å². The number of benzene rings is 2. The van der Waals surface area contributed by atoms with Gasteiger partial charge >= 0.3 is 6.03 Å². The van der Waals surface area contributed by atoms with E-state index in [-0.39, 0.29) is 12.1 Å². The number of rotatable bonds is 7. The van der Waals surface area contributed by atoms with E-state index in [1.165, 1.54) is 5.56 Å². The number of nitrogens with zero attached hydrogens (tertiary/aromatic N) is 2. The van der Waals surface area contributed by atoms with Gasteiger partial charge in [-0.25, -0.2) is 4.79 Å². The van der Waals surface area contributed by atoms with Gasteiger partial charge in [0.25, 0.3) is 0 Å². The highest BCUT2D eigenvalue weighted by Gasteiger charge is 2.23. The van der Waals surface area contributed by atoms with Crippen molar-refractivity contribution in [1.82, 2.24) is 15.1 Å². The molecule has 3 rings (SSSR count). The van der Waals surface area contributed by atoms with Crippen LogP contribution in [0.15, 0.2) is 48.5 Å². The van der Waals surface area contributed by atoms with Crippen LogP contribution in [0.5, 0.6) is 11.5 Å². The monoisotopic (exact) mass is 397 g/mol. The number of urea groups is 1. The summed E-state index contributed by atoms with van der Waals surface area (Å²) in [6, 6.07) is 16.0. The molecule has 156 valence electrons. The molecule has 1 fully saturated rings. The van der Waals surface area contributed by atoms with Crippen LogP contribution < -0.4 is 14.8 Å². The number of amides is 2. The maximum absolute atomic E-state index is 12.7. The molecule has 1 aliphatic heterocycles. The van der Waals surface area contributed by atoms with Gasteiger partial charge in [0.05, 0.1) is 20.3 Å². The Labute approximate surface area is 173 Å². The van der Waals surface area contributed by atoms with E-state index < -0.39 is 0 Å². The number of piperazine rings is 1. The van der Waals surface area contributed by atoms with Crippen LogP contribution >= 0.6 is 0 Å². The third kappa shape index (κ3) is 5.64. The smallest absolute Gasteiger partial charge is 0.317 e. The Morgan fingerprint density at radius 3 is 2.41 bits per heavy atom. The van der Waals surface area contributed by atoms with E-state index in [2.05, 4.69) is 34.5 Å². The molecule has 1 atom stereocenters. The summed E-state index contributed by atoms with van der Waals surface area (Å²) in [5.74, 6) is 1.44. The lowest BCUT2D eigenvalue weighted by Crippen LogP contribution is -2.52. The Bertz CT molecular complexity index is 789. The molecule has 1 N–H and O–H groups in total. The molecule has 2 aromatic rings. The quantitative estimate of drug-likeness (QED) is 0.779. The molecule has 0 bridgehead atoms. The van der Waals surface area contributed by atoms with Crippen LogP contribution in [0.25, 0.3) is 0 Å². The number of methoxy groups -OCH3 is 2. The van der Waals surface area contributed by atoms with Crippen molar-refractivity contribution in [2.45, 2.75) is 19.4 Å². The molecular weight excluding hydrogens is 366 g/mol. The summed E-state index contributed by atoms with van der Waals surface area (Å²) >= 11 is 0. The number of hydrogen-bond donors (Lipinski definition) is 1. The Kier molecular flexibility index (Phi) is 7.36. The molecule has 2 amide bonds. The third-order valence-corrected chi connectivity index (χ3v) is 5.47. The highest BCUT2D eigenvalue weighted by molar-refractivity contribution is 5.75. The second kappa shape index (κ2) is 10.2. The molecule has 2 aromatic carbocycles. The van der Waals surface area contributed by atoms with Gasteiger partial charge in [0.1, 0.15) is 11.5 Å². The van der Waals surface area contributed by atoms with Crippen molar-refractivity contribution in [2.75, 3.05) is 46.9 Å². The minimum atomic E-state index is -0.153. The summed E-state index contributed by atoms with van der Waals surface area (Å²) in [4.78, 5) is 17.0. The SMILES string of the molecule is COc1ccc(C(C)NC(=O)N2CCN(CCc3ccccc3)CC2)c(OC)c1. The lowest BCUT2D eigenvalue weighted by molar-refractivity contribution is 0.138. The Morgan fingerprint density at radius 2 is 1.76 bits per heavy atom. The molecule has 29 heavy (non-hydrogen) atoms. The first kappa shape index (κ1) is 21.0. The van der Waals surface area contributed by atoms with Crippen LogP contribution in [0.1, 0.15) is 24.1 Å². The number of carbonyl (C=O) groups is 1. The molecule has 1 unspecified atom stereocenters. The van der Waals surface area contributed by atoms with Gasteiger partial charge in [-0.3, -0.25) is 4.90 Å². The van der Waals surface area contributed by atoms with E-state index >= 15 is 0 Å². The van der Waals surface area contributed by atoms with Gasteiger partial charge in [0, 0.05) is 44.4 Å². The average molecular weight is 398 g/mol. The molecule has 0 aliphatic carbocycles. The topological polar surface area (TPSA) is 54.0 Å². The van der Waals surface area contributed by atoms with Gasteiger partial charge < -0.3 is 19.7 Å². The summed E-state index contributed by atoms with van der Waals surface area (Å²) in [6.07, 6.45) is 1.04. The van der Waals surface area contributed by atoms with Crippen molar-refractivity contribution in [3.05, 3.63) is 59.7 Å². The van der Waals surface area contributed by atoms with Crippen LogP contribution in [-0.4, -0.2) is 62.8 Å². The first-order chi connectivity index (χ1) is 14.1. The zero-order chi connectivity index (χ0) is 20.6. The molecule has 0 radical (unpaired) electrons. The molecule has 1 saturated heterocycles. The fourth-order valence-electron chi connectivity index (χ4n) is 3.64. The zero-order valence-corrected chi connectivity index (χ0v) is 17.6. The highest BCUT2D eigenvalue weighted by atomic mass is 16.5. The Balaban J connectivity index is 1.48. The van der Waals surface area contributed by atoms with E-state index in [0.29, 0.717) is 5.75 Å². The average Bonchev–Trinajstić information content (AvgIpc) is 2.78. The van der Waals surface area contributed by atoms with E-state index in [1.807, 2.05) is 36.1 Å². The minimum Gasteiger partial charge on any atom is -0.497 e. The van der Waals surface area contributed by atoms with Gasteiger partial charge in [-0.15, -0.1) is 0 Å². The standard InChI is InChI=1S/C23H31N3O3/c1-18(21-10-9-20(28-2)17-22(21)29-3)24-23(27)26-15-13-25(14-16-26)12-11-19-7-5-4-6-8-19/h4-10,17-18H,11-16H2,1-3H3,(H,24,27). The van der Waals surface area contributed by atoms with E-state index in [1.54, 1.807) is 14.2 Å². The van der Waals surface area contributed by atoms with Crippen molar-refractivity contribution in [1.29, 1.82) is 0 Å². The fraction of sp³-hybridized carbons (Fsp3) is 0.435. The van der Waals surface area contributed by atoms with Crippen LogP contribution in [0, 0.1) is 0 Å². The molecule has 1 heterocycles. The number of ether oxygens (including phenoxy) is 2. The fourth-order valence-corrected chi connectivity index (χ4v) is 3.64. The lowest BCUT2D eigenvalue weighted by Gasteiger charge is -2.35. The maximum atomic E-state index is 12.7. The van der Waals surface area contributed by atoms with Crippen molar-refractivity contribution >= 4 is 6.03 Å². The van der Waals surface area contributed by atoms with Gasteiger partial charge in [-0.05, 0) is 31.0 Å². The van der Waals surface area contributed by atoms with Gasteiger partial charge in [-0.1, -0.05) is 30.3 Å². The van der Waals surface area contributed by atoms with E-state index in [0.717, 1.165) is 50.5 Å². The summed E-state index contributed by atoms with van der Waals surface area (Å²) in [7, 11) is 3.25. The molecule has 6 heteroatoms. The molecule has 0 aromatic heterocycles. The second-order valence-corrected chi connectivity index (χ2v) is 7.34. The van der Waals surface area contributed by atoms with Crippen LogP contribution in [0.4, 0.5) is 4.79 Å². The van der Waals surface area contributed by atoms with Gasteiger partial charge in [0.15, 0.2) is 0 Å². The van der Waals surface area contributed by atoms with Gasteiger partial charge in [0.2, 0.25) is 0 Å². The minimum absolute atomic E-state index is 0.0296. The van der Waals surface area contributed by atoms with Crippen molar-refractivity contribution in [2.24, 2.45) is 0 Å². The zero-order valence-electron chi connectivity index (χ0n) is 17.6.